The molecule has 0 spiro atoms. The first-order valence-electron chi connectivity index (χ1n) is 6.32. The number of benzene rings is 2. The number of nitrogens with zero attached hydrogens (tertiary/aromatic N) is 1. The van der Waals surface area contributed by atoms with Gasteiger partial charge < -0.3 is 10.3 Å². The Morgan fingerprint density at radius 1 is 1.14 bits per heavy atom. The number of anilines is 1. The summed E-state index contributed by atoms with van der Waals surface area (Å²) in [7, 11) is 1.87. The van der Waals surface area contributed by atoms with Gasteiger partial charge >= 0.3 is 0 Å². The Bertz CT molecular complexity index is 868. The maximum Gasteiger partial charge on any atom is 0.196 e. The van der Waals surface area contributed by atoms with Crippen LogP contribution in [-0.2, 0) is 7.05 Å². The van der Waals surface area contributed by atoms with E-state index in [1.54, 1.807) is 30.5 Å². The van der Waals surface area contributed by atoms with E-state index in [0.29, 0.717) is 21.8 Å². The summed E-state index contributed by atoms with van der Waals surface area (Å²) >= 11 is 12.2. The summed E-state index contributed by atoms with van der Waals surface area (Å²) in [6, 6.07) is 10.5. The molecule has 0 bridgehead atoms. The topological polar surface area (TPSA) is 48.0 Å². The van der Waals surface area contributed by atoms with Crippen molar-refractivity contribution in [3.63, 3.8) is 0 Å². The number of aryl methyl sites for hydroxylation is 1. The average molecular weight is 319 g/mol. The monoisotopic (exact) mass is 318 g/mol. The molecule has 3 aromatic rings. The van der Waals surface area contributed by atoms with Crippen molar-refractivity contribution in [3.8, 4) is 0 Å². The van der Waals surface area contributed by atoms with E-state index in [9.17, 15) is 4.79 Å². The summed E-state index contributed by atoms with van der Waals surface area (Å²) in [5.74, 6) is -0.153. The van der Waals surface area contributed by atoms with E-state index in [0.717, 1.165) is 10.9 Å². The molecule has 0 saturated carbocycles. The van der Waals surface area contributed by atoms with E-state index in [4.69, 9.17) is 28.9 Å². The van der Waals surface area contributed by atoms with Gasteiger partial charge in [0, 0.05) is 40.3 Å². The number of carbonyl (C=O) groups excluding carboxylic acids is 1. The highest BCUT2D eigenvalue weighted by atomic mass is 35.5. The third-order valence-corrected chi connectivity index (χ3v) is 4.13. The number of nitrogens with two attached hydrogens (primary N) is 1. The van der Waals surface area contributed by atoms with Crippen LogP contribution < -0.4 is 5.73 Å². The van der Waals surface area contributed by atoms with Gasteiger partial charge in [-0.1, -0.05) is 35.3 Å². The van der Waals surface area contributed by atoms with Crippen molar-refractivity contribution in [2.24, 2.45) is 7.05 Å². The summed E-state index contributed by atoms with van der Waals surface area (Å²) in [5, 5.41) is 1.75. The lowest BCUT2D eigenvalue weighted by molar-refractivity contribution is 0.104. The van der Waals surface area contributed by atoms with Crippen molar-refractivity contribution in [2.75, 3.05) is 5.73 Å². The van der Waals surface area contributed by atoms with Crippen molar-refractivity contribution in [3.05, 3.63) is 63.8 Å². The molecule has 3 rings (SSSR count). The molecule has 106 valence electrons. The maximum atomic E-state index is 12.7. The van der Waals surface area contributed by atoms with Gasteiger partial charge in [-0.2, -0.15) is 0 Å². The fourth-order valence-corrected chi connectivity index (χ4v) is 2.79. The molecule has 21 heavy (non-hydrogen) atoms. The van der Waals surface area contributed by atoms with Gasteiger partial charge in [-0.05, 0) is 24.3 Å². The van der Waals surface area contributed by atoms with Gasteiger partial charge in [0.05, 0.1) is 10.7 Å². The van der Waals surface area contributed by atoms with Crippen LogP contribution in [0.2, 0.25) is 10.0 Å². The number of ketones is 1. The molecule has 0 aliphatic carbocycles. The first kappa shape index (κ1) is 14.0. The van der Waals surface area contributed by atoms with Crippen LogP contribution >= 0.6 is 23.2 Å². The average Bonchev–Trinajstić information content (AvgIpc) is 2.78. The van der Waals surface area contributed by atoms with Gasteiger partial charge in [-0.25, -0.2) is 0 Å². The zero-order valence-electron chi connectivity index (χ0n) is 11.2. The van der Waals surface area contributed by atoms with Crippen LogP contribution in [0, 0.1) is 0 Å². The number of rotatable bonds is 2. The molecule has 0 fully saturated rings. The maximum absolute atomic E-state index is 12.7. The lowest BCUT2D eigenvalue weighted by Gasteiger charge is -2.05. The lowest BCUT2D eigenvalue weighted by atomic mass is 10.0. The summed E-state index contributed by atoms with van der Waals surface area (Å²) in [5.41, 5.74) is 8.04. The fourth-order valence-electron chi connectivity index (χ4n) is 2.41. The van der Waals surface area contributed by atoms with Crippen LogP contribution in [0.25, 0.3) is 10.9 Å². The van der Waals surface area contributed by atoms with E-state index in [-0.39, 0.29) is 10.8 Å². The molecule has 5 heteroatoms. The first-order valence-corrected chi connectivity index (χ1v) is 7.08. The summed E-state index contributed by atoms with van der Waals surface area (Å²) in [4.78, 5) is 12.7. The number of aromatic nitrogens is 1. The van der Waals surface area contributed by atoms with Gasteiger partial charge in [0.2, 0.25) is 0 Å². The molecule has 2 N–H and O–H groups in total. The standard InChI is InChI=1S/C16H12Cl2N2O/c1-20-8-12(10-6-5-9(17)7-14(10)20)16(21)11-3-2-4-13(19)15(11)18/h2-8H,19H2,1H3. The van der Waals surface area contributed by atoms with Gasteiger partial charge in [0.1, 0.15) is 0 Å². The van der Waals surface area contributed by atoms with Crippen molar-refractivity contribution in [2.45, 2.75) is 0 Å². The highest BCUT2D eigenvalue weighted by molar-refractivity contribution is 6.38. The largest absolute Gasteiger partial charge is 0.398 e. The summed E-state index contributed by atoms with van der Waals surface area (Å²) < 4.78 is 1.87. The molecule has 0 aliphatic heterocycles. The van der Waals surface area contributed by atoms with E-state index < -0.39 is 0 Å². The Labute approximate surface area is 131 Å². The Balaban J connectivity index is 2.21. The van der Waals surface area contributed by atoms with E-state index in [2.05, 4.69) is 0 Å². The molecule has 0 saturated heterocycles. The van der Waals surface area contributed by atoms with Gasteiger partial charge in [0.25, 0.3) is 0 Å². The Hall–Kier alpha value is -1.97. The minimum atomic E-state index is -0.153. The zero-order valence-corrected chi connectivity index (χ0v) is 12.7. The Kier molecular flexibility index (Phi) is 3.40. The lowest BCUT2D eigenvalue weighted by Crippen LogP contribution is -2.03. The molecule has 1 aromatic heterocycles. The highest BCUT2D eigenvalue weighted by Crippen LogP contribution is 2.30. The third-order valence-electron chi connectivity index (χ3n) is 3.47. The number of carbonyl (C=O) groups is 1. The van der Waals surface area contributed by atoms with E-state index >= 15 is 0 Å². The molecule has 3 nitrogen and oxygen atoms in total. The first-order chi connectivity index (χ1) is 9.99. The predicted octanol–water partition coefficient (Wildman–Crippen LogP) is 4.30. The molecule has 0 amide bonds. The van der Waals surface area contributed by atoms with Crippen LogP contribution in [-0.4, -0.2) is 10.4 Å². The number of fused-ring (bicyclic) bond motifs is 1. The third kappa shape index (κ3) is 2.28. The van der Waals surface area contributed by atoms with Gasteiger partial charge in [-0.3, -0.25) is 4.79 Å². The summed E-state index contributed by atoms with van der Waals surface area (Å²) in [6.07, 6.45) is 1.78. The number of hydrogen-bond acceptors (Lipinski definition) is 2. The van der Waals surface area contributed by atoms with Crippen molar-refractivity contribution in [1.29, 1.82) is 0 Å². The van der Waals surface area contributed by atoms with Crippen LogP contribution in [0.4, 0.5) is 5.69 Å². The molecule has 0 atom stereocenters. The molecule has 0 radical (unpaired) electrons. The quantitative estimate of drug-likeness (QED) is 0.565. The Morgan fingerprint density at radius 3 is 2.67 bits per heavy atom. The van der Waals surface area contributed by atoms with Crippen LogP contribution in [0.3, 0.4) is 0 Å². The Morgan fingerprint density at radius 2 is 1.90 bits per heavy atom. The van der Waals surface area contributed by atoms with E-state index in [1.165, 1.54) is 0 Å². The second-order valence-electron chi connectivity index (χ2n) is 4.85. The SMILES string of the molecule is Cn1cc(C(=O)c2cccc(N)c2Cl)c2ccc(Cl)cc21. The molecule has 1 heterocycles. The molecular formula is C16H12Cl2N2O. The van der Waals surface area contributed by atoms with Crippen LogP contribution in [0.15, 0.2) is 42.6 Å². The molecule has 0 aliphatic rings. The van der Waals surface area contributed by atoms with Crippen molar-refractivity contribution < 1.29 is 4.79 Å². The van der Waals surface area contributed by atoms with Crippen LogP contribution in [0.5, 0.6) is 0 Å². The van der Waals surface area contributed by atoms with Gasteiger partial charge in [-0.15, -0.1) is 0 Å². The zero-order chi connectivity index (χ0) is 15.1. The molecule has 2 aromatic carbocycles. The number of nitrogen functional groups attached to an aromatic ring is 1. The molecular weight excluding hydrogens is 307 g/mol. The van der Waals surface area contributed by atoms with Gasteiger partial charge in [0.15, 0.2) is 5.78 Å². The second-order valence-corrected chi connectivity index (χ2v) is 5.67. The van der Waals surface area contributed by atoms with Crippen molar-refractivity contribution >= 4 is 45.6 Å². The normalized spacial score (nSPS) is 11.0. The van der Waals surface area contributed by atoms with Crippen LogP contribution in [0.1, 0.15) is 15.9 Å². The fraction of sp³-hybridized carbons (Fsp3) is 0.0625. The highest BCUT2D eigenvalue weighted by Gasteiger charge is 2.19. The predicted molar refractivity (Wildman–Crippen MR) is 87.2 cm³/mol. The minimum Gasteiger partial charge on any atom is -0.398 e. The second kappa shape index (κ2) is 5.10. The number of halogens is 2. The van der Waals surface area contributed by atoms with E-state index in [1.807, 2.05) is 23.7 Å². The minimum absolute atomic E-state index is 0.153. The van der Waals surface area contributed by atoms with Crippen molar-refractivity contribution in [1.82, 2.24) is 4.57 Å². The summed E-state index contributed by atoms with van der Waals surface area (Å²) in [6.45, 7) is 0. The molecule has 0 unspecified atom stereocenters. The smallest absolute Gasteiger partial charge is 0.196 e. The number of hydrogen-bond donors (Lipinski definition) is 1.